The molecule has 0 aromatic rings. The van der Waals surface area contributed by atoms with Crippen LogP contribution in [0.3, 0.4) is 0 Å². The zero-order chi connectivity index (χ0) is 12.4. The van der Waals surface area contributed by atoms with E-state index in [4.69, 9.17) is 9.84 Å². The van der Waals surface area contributed by atoms with Crippen molar-refractivity contribution in [1.29, 1.82) is 0 Å². The van der Waals surface area contributed by atoms with Crippen molar-refractivity contribution in [1.82, 2.24) is 5.32 Å². The number of carboxylic acid groups (broad SMARTS) is 1. The van der Waals surface area contributed by atoms with Crippen molar-refractivity contribution in [3.05, 3.63) is 12.2 Å². The van der Waals surface area contributed by atoms with Crippen LogP contribution >= 0.6 is 0 Å². The highest BCUT2D eigenvalue weighted by Crippen LogP contribution is 2.21. The summed E-state index contributed by atoms with van der Waals surface area (Å²) in [6.07, 6.45) is 3.57. The van der Waals surface area contributed by atoms with Gasteiger partial charge in [0.1, 0.15) is 5.60 Å². The number of nitrogens with one attached hydrogen (secondary N) is 1. The van der Waals surface area contributed by atoms with Gasteiger partial charge in [0, 0.05) is 13.0 Å². The molecule has 2 N–H and O–H groups in total. The van der Waals surface area contributed by atoms with Crippen molar-refractivity contribution < 1.29 is 19.4 Å². The van der Waals surface area contributed by atoms with E-state index in [0.29, 0.717) is 6.54 Å². The molecule has 1 aliphatic rings. The van der Waals surface area contributed by atoms with Gasteiger partial charge in [-0.25, -0.2) is 9.59 Å². The summed E-state index contributed by atoms with van der Waals surface area (Å²) in [4.78, 5) is 23.1. The molecular formula is C11H17NO4. The number of hydrogen-bond donors (Lipinski definition) is 2. The molecule has 5 nitrogen and oxygen atoms in total. The van der Waals surface area contributed by atoms with Crippen LogP contribution in [-0.4, -0.2) is 34.7 Å². The second-order valence-corrected chi connectivity index (χ2v) is 4.77. The van der Waals surface area contributed by atoms with Crippen LogP contribution in [0.4, 0.5) is 0 Å². The highest BCUT2D eigenvalue weighted by molar-refractivity contribution is 6.04. The second-order valence-electron chi connectivity index (χ2n) is 4.77. The van der Waals surface area contributed by atoms with Crippen LogP contribution in [0.25, 0.3) is 0 Å². The predicted octanol–water partition coefficient (Wildman–Crippen LogP) is 0.701. The van der Waals surface area contributed by atoms with Gasteiger partial charge in [0.15, 0.2) is 0 Å². The Kier molecular flexibility index (Phi) is 3.38. The van der Waals surface area contributed by atoms with Gasteiger partial charge in [-0.15, -0.1) is 0 Å². The van der Waals surface area contributed by atoms with Gasteiger partial charge < -0.3 is 9.84 Å². The largest absolute Gasteiger partial charge is 0.479 e. The van der Waals surface area contributed by atoms with Crippen molar-refractivity contribution in [2.45, 2.75) is 38.3 Å². The molecule has 5 heteroatoms. The Morgan fingerprint density at radius 3 is 2.38 bits per heavy atom. The van der Waals surface area contributed by atoms with Crippen LogP contribution < -0.4 is 5.32 Å². The topological polar surface area (TPSA) is 75.6 Å². The molecule has 0 fully saturated rings. The van der Waals surface area contributed by atoms with Crippen LogP contribution in [0.1, 0.15) is 27.2 Å². The molecule has 0 spiro atoms. The number of esters is 1. The van der Waals surface area contributed by atoms with E-state index in [1.165, 1.54) is 0 Å². The van der Waals surface area contributed by atoms with Gasteiger partial charge in [0.2, 0.25) is 5.54 Å². The molecule has 0 unspecified atom stereocenters. The van der Waals surface area contributed by atoms with Crippen LogP contribution in [0, 0.1) is 0 Å². The molecule has 0 aromatic carbocycles. The summed E-state index contributed by atoms with van der Waals surface area (Å²) >= 11 is 0. The maximum atomic E-state index is 11.9. The van der Waals surface area contributed by atoms with Crippen LogP contribution in [-0.2, 0) is 14.3 Å². The van der Waals surface area contributed by atoms with E-state index in [9.17, 15) is 9.59 Å². The fraction of sp³-hybridized carbons (Fsp3) is 0.636. The number of carbonyl (C=O) groups excluding carboxylic acids is 1. The van der Waals surface area contributed by atoms with Gasteiger partial charge >= 0.3 is 11.9 Å². The fourth-order valence-electron chi connectivity index (χ4n) is 1.42. The normalized spacial score (nSPS) is 25.2. The summed E-state index contributed by atoms with van der Waals surface area (Å²) in [6.45, 7) is 5.48. The predicted molar refractivity (Wildman–Crippen MR) is 58.0 cm³/mol. The van der Waals surface area contributed by atoms with Crippen molar-refractivity contribution in [2.75, 3.05) is 6.54 Å². The Morgan fingerprint density at radius 2 is 2.00 bits per heavy atom. The molecule has 1 heterocycles. The van der Waals surface area contributed by atoms with Crippen molar-refractivity contribution in [2.24, 2.45) is 0 Å². The molecule has 1 aliphatic heterocycles. The number of rotatable bonds is 2. The van der Waals surface area contributed by atoms with Gasteiger partial charge in [-0.3, -0.25) is 5.32 Å². The summed E-state index contributed by atoms with van der Waals surface area (Å²) < 4.78 is 5.13. The van der Waals surface area contributed by atoms with E-state index in [0.717, 1.165) is 0 Å². The van der Waals surface area contributed by atoms with E-state index in [2.05, 4.69) is 5.32 Å². The SMILES string of the molecule is CC(C)(C)OC(=O)[C@@]1(C(=O)O)CC=CCN1. The van der Waals surface area contributed by atoms with Crippen molar-refractivity contribution >= 4 is 11.9 Å². The molecule has 1 rings (SSSR count). The lowest BCUT2D eigenvalue weighted by atomic mass is 9.92. The molecule has 1 atom stereocenters. The number of carboxylic acids is 1. The molecule has 0 amide bonds. The Morgan fingerprint density at radius 1 is 1.38 bits per heavy atom. The first-order valence-electron chi connectivity index (χ1n) is 5.15. The lowest BCUT2D eigenvalue weighted by molar-refractivity contribution is -0.171. The molecule has 0 radical (unpaired) electrons. The molecule has 16 heavy (non-hydrogen) atoms. The first-order valence-corrected chi connectivity index (χ1v) is 5.15. The van der Waals surface area contributed by atoms with Crippen LogP contribution in [0.15, 0.2) is 12.2 Å². The minimum absolute atomic E-state index is 0.108. The molecule has 0 saturated heterocycles. The molecule has 0 aromatic heterocycles. The standard InChI is InChI=1S/C11H17NO4/c1-10(2,3)16-9(15)11(8(13)14)6-4-5-7-12-11/h4-5,12H,6-7H2,1-3H3,(H,13,14)/t11-/m0/s1. The second kappa shape index (κ2) is 4.25. The highest BCUT2D eigenvalue weighted by atomic mass is 16.6. The average molecular weight is 227 g/mol. The minimum atomic E-state index is -1.64. The molecule has 0 aliphatic carbocycles. The van der Waals surface area contributed by atoms with E-state index in [1.807, 2.05) is 0 Å². The maximum absolute atomic E-state index is 11.9. The third-order valence-electron chi connectivity index (χ3n) is 2.22. The summed E-state index contributed by atoms with van der Waals surface area (Å²) in [6, 6.07) is 0. The molecule has 0 bridgehead atoms. The lowest BCUT2D eigenvalue weighted by Crippen LogP contribution is -2.60. The zero-order valence-corrected chi connectivity index (χ0v) is 9.74. The number of ether oxygens (including phenoxy) is 1. The minimum Gasteiger partial charge on any atom is -0.479 e. The zero-order valence-electron chi connectivity index (χ0n) is 9.74. The van der Waals surface area contributed by atoms with E-state index in [-0.39, 0.29) is 6.42 Å². The summed E-state index contributed by atoms with van der Waals surface area (Å²) in [5.41, 5.74) is -2.33. The number of hydrogen-bond acceptors (Lipinski definition) is 4. The third-order valence-corrected chi connectivity index (χ3v) is 2.22. The molecule has 90 valence electrons. The Bertz CT molecular complexity index is 329. The van der Waals surface area contributed by atoms with E-state index < -0.39 is 23.1 Å². The van der Waals surface area contributed by atoms with Gasteiger partial charge in [0.25, 0.3) is 0 Å². The number of aliphatic carboxylic acids is 1. The maximum Gasteiger partial charge on any atom is 0.338 e. The Balaban J connectivity index is 2.90. The smallest absolute Gasteiger partial charge is 0.338 e. The van der Waals surface area contributed by atoms with E-state index in [1.54, 1.807) is 32.9 Å². The summed E-state index contributed by atoms with van der Waals surface area (Å²) in [5.74, 6) is -1.94. The van der Waals surface area contributed by atoms with Crippen molar-refractivity contribution in [3.63, 3.8) is 0 Å². The first kappa shape index (κ1) is 12.7. The van der Waals surface area contributed by atoms with Gasteiger partial charge in [0.05, 0.1) is 0 Å². The lowest BCUT2D eigenvalue weighted by Gasteiger charge is -2.32. The molecule has 0 saturated carbocycles. The van der Waals surface area contributed by atoms with Gasteiger partial charge in [-0.2, -0.15) is 0 Å². The average Bonchev–Trinajstić information content (AvgIpc) is 2.16. The van der Waals surface area contributed by atoms with Crippen LogP contribution in [0.5, 0.6) is 0 Å². The molecular weight excluding hydrogens is 210 g/mol. The van der Waals surface area contributed by atoms with Gasteiger partial charge in [-0.1, -0.05) is 12.2 Å². The van der Waals surface area contributed by atoms with Crippen LogP contribution in [0.2, 0.25) is 0 Å². The first-order chi connectivity index (χ1) is 7.28. The third kappa shape index (κ3) is 2.61. The van der Waals surface area contributed by atoms with E-state index >= 15 is 0 Å². The van der Waals surface area contributed by atoms with Gasteiger partial charge in [-0.05, 0) is 20.8 Å². The summed E-state index contributed by atoms with van der Waals surface area (Å²) in [7, 11) is 0. The monoisotopic (exact) mass is 227 g/mol. The number of carbonyl (C=O) groups is 2. The summed E-state index contributed by atoms with van der Waals surface area (Å²) in [5, 5.41) is 11.9. The fourth-order valence-corrected chi connectivity index (χ4v) is 1.42. The quantitative estimate of drug-likeness (QED) is 0.412. The highest BCUT2D eigenvalue weighted by Gasteiger charge is 2.48. The Hall–Kier alpha value is -1.36. The van der Waals surface area contributed by atoms with Crippen molar-refractivity contribution in [3.8, 4) is 0 Å². The Labute approximate surface area is 94.5 Å².